The van der Waals surface area contributed by atoms with Crippen LogP contribution >= 0.6 is 24.8 Å². The second-order valence-electron chi connectivity index (χ2n) is 13.1. The highest BCUT2D eigenvalue weighted by Crippen LogP contribution is 2.60. The van der Waals surface area contributed by atoms with Crippen LogP contribution in [0.15, 0.2) is 67.0 Å². The largest absolute Gasteiger partial charge is 0.361 e. The maximum Gasteiger partial charge on any atom is 0.243 e. The van der Waals surface area contributed by atoms with Crippen LogP contribution in [0.1, 0.15) is 61.2 Å². The van der Waals surface area contributed by atoms with Crippen molar-refractivity contribution in [2.24, 2.45) is 23.5 Å². The predicted molar refractivity (Wildman–Crippen MR) is 177 cm³/mol. The molecule has 2 aromatic heterocycles. The number of benzene rings is 2. The number of rotatable bonds is 10. The van der Waals surface area contributed by atoms with Gasteiger partial charge in [0.15, 0.2) is 0 Å². The molecule has 2 heterocycles. The lowest BCUT2D eigenvalue weighted by Crippen LogP contribution is -2.53. The number of nitrogens with two attached hydrogens (primary N) is 1. The van der Waals surface area contributed by atoms with Gasteiger partial charge in [0.2, 0.25) is 11.8 Å². The van der Waals surface area contributed by atoms with Crippen molar-refractivity contribution in [3.63, 3.8) is 0 Å². The topological polar surface area (TPSA) is 129 Å². The van der Waals surface area contributed by atoms with Gasteiger partial charge in [-0.2, -0.15) is 0 Å². The smallest absolute Gasteiger partial charge is 0.243 e. The fourth-order valence-corrected chi connectivity index (χ4v) is 8.38. The van der Waals surface area contributed by atoms with E-state index < -0.39 is 12.1 Å². The van der Waals surface area contributed by atoms with Gasteiger partial charge >= 0.3 is 0 Å². The Kier molecular flexibility index (Phi) is 9.73. The Hall–Kier alpha value is -3.33. The van der Waals surface area contributed by atoms with Crippen molar-refractivity contribution in [3.8, 4) is 0 Å². The highest BCUT2D eigenvalue weighted by atomic mass is 35.5. The molecule has 0 aliphatic heterocycles. The lowest BCUT2D eigenvalue weighted by molar-refractivity contribution is -0.129. The molecule has 0 saturated heterocycles. The number of hydrogen-bond donors (Lipinski definition) is 5. The summed E-state index contributed by atoms with van der Waals surface area (Å²) in [6, 6.07) is 16.2. The van der Waals surface area contributed by atoms with E-state index in [1.54, 1.807) is 0 Å². The van der Waals surface area contributed by atoms with Crippen LogP contribution in [0.25, 0.3) is 10.9 Å². The SMILES string of the molecule is Cl.Cl.N[C@@H](Cc1c[nH]c2ccccc12)C(=O)N[C@@H](Cc1cnc(C23CC4CC(CC(C4)C2)C3)[nH]1)C(=O)NCc1ccccc1. The van der Waals surface area contributed by atoms with E-state index in [0.717, 1.165) is 51.3 Å². The van der Waals surface area contributed by atoms with Gasteiger partial charge in [-0.15, -0.1) is 24.8 Å². The van der Waals surface area contributed by atoms with Crippen LogP contribution in [-0.4, -0.2) is 38.8 Å². The summed E-state index contributed by atoms with van der Waals surface area (Å²) in [7, 11) is 0. The third-order valence-corrected chi connectivity index (χ3v) is 9.99. The summed E-state index contributed by atoms with van der Waals surface area (Å²) in [4.78, 5) is 38.6. The molecule has 4 aromatic rings. The van der Waals surface area contributed by atoms with Crippen LogP contribution in [-0.2, 0) is 34.4 Å². The van der Waals surface area contributed by atoms with Gasteiger partial charge in [-0.1, -0.05) is 48.5 Å². The summed E-state index contributed by atoms with van der Waals surface area (Å²) < 4.78 is 0. The molecule has 2 atom stereocenters. The Bertz CT molecular complexity index is 1550. The first-order chi connectivity index (χ1) is 20.4. The zero-order valence-electron chi connectivity index (χ0n) is 24.8. The first-order valence-electron chi connectivity index (χ1n) is 15.4. The van der Waals surface area contributed by atoms with E-state index in [1.807, 2.05) is 67.0 Å². The number of halogens is 2. The first kappa shape index (κ1) is 32.1. The molecule has 6 N–H and O–H groups in total. The monoisotopic (exact) mass is 636 g/mol. The van der Waals surface area contributed by atoms with Crippen LogP contribution < -0.4 is 16.4 Å². The molecule has 4 saturated carbocycles. The van der Waals surface area contributed by atoms with E-state index in [1.165, 1.54) is 38.5 Å². The molecule has 2 amide bonds. The fraction of sp³-hybridized carbons (Fsp3) is 0.441. The summed E-state index contributed by atoms with van der Waals surface area (Å²) >= 11 is 0. The highest BCUT2D eigenvalue weighted by Gasteiger charge is 2.53. The molecule has 0 spiro atoms. The zero-order valence-corrected chi connectivity index (χ0v) is 26.4. The number of nitrogens with one attached hydrogen (secondary N) is 4. The molecule has 4 fully saturated rings. The number of nitrogens with zero attached hydrogens (tertiary/aromatic N) is 1. The third-order valence-electron chi connectivity index (χ3n) is 9.99. The van der Waals surface area contributed by atoms with E-state index in [4.69, 9.17) is 10.7 Å². The van der Waals surface area contributed by atoms with Crippen molar-refractivity contribution < 1.29 is 9.59 Å². The average Bonchev–Trinajstić information content (AvgIpc) is 3.63. The second kappa shape index (κ2) is 13.3. The van der Waals surface area contributed by atoms with Gasteiger partial charge in [0.05, 0.1) is 6.04 Å². The van der Waals surface area contributed by atoms with E-state index >= 15 is 0 Å². The van der Waals surface area contributed by atoms with E-state index in [-0.39, 0.29) is 42.0 Å². The lowest BCUT2D eigenvalue weighted by Gasteiger charge is -2.56. The number of amides is 2. The molecule has 4 bridgehead atoms. The Morgan fingerprint density at radius 1 is 0.909 bits per heavy atom. The van der Waals surface area contributed by atoms with Gasteiger partial charge in [-0.3, -0.25) is 9.59 Å². The Labute approximate surface area is 270 Å². The summed E-state index contributed by atoms with van der Waals surface area (Å²) in [5, 5.41) is 7.04. The van der Waals surface area contributed by atoms with Gasteiger partial charge < -0.3 is 26.3 Å². The fourth-order valence-electron chi connectivity index (χ4n) is 8.38. The molecule has 234 valence electrons. The number of imidazole rings is 1. The van der Waals surface area contributed by atoms with Crippen LogP contribution in [0.2, 0.25) is 0 Å². The number of para-hydroxylation sites is 1. The van der Waals surface area contributed by atoms with Crippen LogP contribution in [0.4, 0.5) is 0 Å². The molecule has 10 heteroatoms. The zero-order chi connectivity index (χ0) is 28.7. The average molecular weight is 638 g/mol. The minimum absolute atomic E-state index is 0. The van der Waals surface area contributed by atoms with Gasteiger partial charge in [0, 0.05) is 47.4 Å². The van der Waals surface area contributed by atoms with Crippen LogP contribution in [0.5, 0.6) is 0 Å². The number of aromatic nitrogens is 3. The van der Waals surface area contributed by atoms with Crippen LogP contribution in [0.3, 0.4) is 0 Å². The van der Waals surface area contributed by atoms with Crippen molar-refractivity contribution >= 4 is 47.5 Å². The molecular formula is C34H42Cl2N6O2. The summed E-state index contributed by atoms with van der Waals surface area (Å²) in [5.41, 5.74) is 10.4. The highest BCUT2D eigenvalue weighted by molar-refractivity contribution is 5.91. The van der Waals surface area contributed by atoms with Gasteiger partial charge in [-0.05, 0) is 79.9 Å². The first-order valence-corrected chi connectivity index (χ1v) is 15.4. The quantitative estimate of drug-likeness (QED) is 0.166. The molecule has 0 radical (unpaired) electrons. The number of fused-ring (bicyclic) bond motifs is 1. The maximum atomic E-state index is 13.5. The molecule has 44 heavy (non-hydrogen) atoms. The molecule has 4 aliphatic rings. The molecule has 4 aliphatic carbocycles. The van der Waals surface area contributed by atoms with Gasteiger partial charge in [-0.25, -0.2) is 4.98 Å². The standard InChI is InChI=1S/C34H40N6O2.2ClH/c35-28(13-25-19-36-29-9-5-4-8-27(25)29)31(41)40-30(32(42)37-18-21-6-2-1-3-7-21)14-26-20-38-33(39-26)34-15-22-10-23(16-34)12-24(11-22)17-34;;/h1-9,19-20,22-24,28,30,36H,10-18,35H2,(H,37,42)(H,38,39)(H,40,41);2*1H/t22?,23?,24?,28-,30-,34?;;/m0../s1. The lowest BCUT2D eigenvalue weighted by atomic mass is 9.49. The second-order valence-corrected chi connectivity index (χ2v) is 13.1. The van der Waals surface area contributed by atoms with Crippen molar-refractivity contribution in [2.75, 3.05) is 0 Å². The minimum Gasteiger partial charge on any atom is -0.361 e. The van der Waals surface area contributed by atoms with Crippen molar-refractivity contribution in [1.29, 1.82) is 0 Å². The summed E-state index contributed by atoms with van der Waals surface area (Å²) in [5.74, 6) is 2.94. The van der Waals surface area contributed by atoms with E-state index in [0.29, 0.717) is 19.4 Å². The normalized spacial score (nSPS) is 24.6. The predicted octanol–water partition coefficient (Wildman–Crippen LogP) is 5.12. The molecular weight excluding hydrogens is 595 g/mol. The van der Waals surface area contributed by atoms with E-state index in [9.17, 15) is 9.59 Å². The Morgan fingerprint density at radius 2 is 1.57 bits per heavy atom. The number of aromatic amines is 2. The number of H-pyrrole nitrogens is 2. The van der Waals surface area contributed by atoms with E-state index in [2.05, 4.69) is 20.6 Å². The maximum absolute atomic E-state index is 13.5. The number of hydrogen-bond acceptors (Lipinski definition) is 4. The van der Waals surface area contributed by atoms with Crippen LogP contribution in [0, 0.1) is 17.8 Å². The molecule has 8 rings (SSSR count). The molecule has 8 nitrogen and oxygen atoms in total. The summed E-state index contributed by atoms with van der Waals surface area (Å²) in [6.45, 7) is 0.384. The summed E-state index contributed by atoms with van der Waals surface area (Å²) in [6.07, 6.45) is 12.2. The molecule has 0 unspecified atom stereocenters. The number of carbonyl (C=O) groups excluding carboxylic acids is 2. The Morgan fingerprint density at radius 3 is 2.27 bits per heavy atom. The van der Waals surface area contributed by atoms with Gasteiger partial charge in [0.1, 0.15) is 11.9 Å². The van der Waals surface area contributed by atoms with Crippen molar-refractivity contribution in [1.82, 2.24) is 25.6 Å². The Balaban J connectivity index is 0.00000192. The van der Waals surface area contributed by atoms with Crippen molar-refractivity contribution in [3.05, 3.63) is 89.6 Å². The number of carbonyl (C=O) groups is 2. The van der Waals surface area contributed by atoms with Gasteiger partial charge in [0.25, 0.3) is 0 Å². The van der Waals surface area contributed by atoms with Crippen molar-refractivity contribution in [2.45, 2.75) is 75.4 Å². The minimum atomic E-state index is -0.794. The third kappa shape index (κ3) is 6.53. The molecule has 2 aromatic carbocycles.